The number of fused-ring (bicyclic) bond motifs is 2. The van der Waals surface area contributed by atoms with Gasteiger partial charge in [-0.25, -0.2) is 0 Å². The Hall–Kier alpha value is -2.86. The van der Waals surface area contributed by atoms with Crippen molar-refractivity contribution >= 4 is 22.5 Å². The third-order valence-electron chi connectivity index (χ3n) is 4.79. The lowest BCUT2D eigenvalue weighted by atomic mass is 10.1. The number of hydrogen-bond donors (Lipinski definition) is 2. The first-order chi connectivity index (χ1) is 12.6. The van der Waals surface area contributed by atoms with Crippen LogP contribution >= 0.6 is 0 Å². The third-order valence-corrected chi connectivity index (χ3v) is 4.79. The summed E-state index contributed by atoms with van der Waals surface area (Å²) in [5.41, 5.74) is 4.13. The summed E-state index contributed by atoms with van der Waals surface area (Å²) < 4.78 is 7.43. The van der Waals surface area contributed by atoms with Gasteiger partial charge in [-0.2, -0.15) is 5.10 Å². The number of ether oxygens (including phenoxy) is 1. The number of nitrogens with zero attached hydrogens (tertiary/aromatic N) is 2. The summed E-state index contributed by atoms with van der Waals surface area (Å²) in [6.07, 6.45) is 0.864. The summed E-state index contributed by atoms with van der Waals surface area (Å²) in [6.45, 7) is 3.03. The molecule has 3 aromatic rings. The van der Waals surface area contributed by atoms with Gasteiger partial charge in [-0.05, 0) is 30.7 Å². The zero-order chi connectivity index (χ0) is 18.1. The van der Waals surface area contributed by atoms with Crippen LogP contribution < -0.4 is 15.4 Å². The van der Waals surface area contributed by atoms with E-state index >= 15 is 0 Å². The molecule has 4 rings (SSSR count). The Morgan fingerprint density at radius 1 is 1.31 bits per heavy atom. The van der Waals surface area contributed by atoms with Crippen LogP contribution in [0.15, 0.2) is 42.5 Å². The molecule has 2 N–H and O–H groups in total. The van der Waals surface area contributed by atoms with Gasteiger partial charge in [0.1, 0.15) is 5.75 Å². The zero-order valence-electron chi connectivity index (χ0n) is 15.0. The predicted molar refractivity (Wildman–Crippen MR) is 101 cm³/mol. The van der Waals surface area contributed by atoms with E-state index in [4.69, 9.17) is 4.74 Å². The van der Waals surface area contributed by atoms with Crippen molar-refractivity contribution in [3.63, 3.8) is 0 Å². The molecule has 0 aliphatic carbocycles. The van der Waals surface area contributed by atoms with E-state index in [9.17, 15) is 4.79 Å². The highest BCUT2D eigenvalue weighted by Gasteiger charge is 2.17. The Morgan fingerprint density at radius 2 is 2.15 bits per heavy atom. The predicted octanol–water partition coefficient (Wildman–Crippen LogP) is 2.80. The maximum Gasteiger partial charge on any atom is 0.262 e. The number of carbonyl (C=O) groups excluding carboxylic acids is 1. The van der Waals surface area contributed by atoms with Crippen molar-refractivity contribution in [3.8, 4) is 5.75 Å². The Labute approximate surface area is 152 Å². The second-order valence-electron chi connectivity index (χ2n) is 6.61. The van der Waals surface area contributed by atoms with Crippen LogP contribution in [0.2, 0.25) is 0 Å². The maximum atomic E-state index is 11.4. The Kier molecular flexibility index (Phi) is 4.34. The number of nitrogens with one attached hydrogen (secondary N) is 2. The molecule has 134 valence electrons. The molecule has 2 aromatic carbocycles. The highest BCUT2D eigenvalue weighted by molar-refractivity contribution is 5.95. The van der Waals surface area contributed by atoms with E-state index in [1.165, 1.54) is 5.39 Å². The highest BCUT2D eigenvalue weighted by Crippen LogP contribution is 2.30. The summed E-state index contributed by atoms with van der Waals surface area (Å²) in [4.78, 5) is 11.4. The number of hydrogen-bond acceptors (Lipinski definition) is 4. The minimum Gasteiger partial charge on any atom is -0.482 e. The second kappa shape index (κ2) is 6.80. The van der Waals surface area contributed by atoms with Gasteiger partial charge in [-0.15, -0.1) is 0 Å². The fraction of sp³-hybridized carbons (Fsp3) is 0.300. The topological polar surface area (TPSA) is 68.2 Å². The lowest BCUT2D eigenvalue weighted by molar-refractivity contribution is -0.118. The van der Waals surface area contributed by atoms with Gasteiger partial charge < -0.3 is 15.4 Å². The van der Waals surface area contributed by atoms with Crippen molar-refractivity contribution in [2.24, 2.45) is 7.05 Å². The fourth-order valence-electron chi connectivity index (χ4n) is 3.36. The third kappa shape index (κ3) is 3.15. The van der Waals surface area contributed by atoms with E-state index < -0.39 is 0 Å². The van der Waals surface area contributed by atoms with E-state index in [0.717, 1.165) is 41.2 Å². The van der Waals surface area contributed by atoms with Gasteiger partial charge in [-0.1, -0.05) is 24.3 Å². The van der Waals surface area contributed by atoms with Gasteiger partial charge in [-0.3, -0.25) is 9.48 Å². The molecular weight excluding hydrogens is 328 g/mol. The van der Waals surface area contributed by atoms with Crippen molar-refractivity contribution in [2.45, 2.75) is 19.4 Å². The van der Waals surface area contributed by atoms with E-state index in [1.54, 1.807) is 0 Å². The van der Waals surface area contributed by atoms with Gasteiger partial charge in [0.25, 0.3) is 5.91 Å². The molecule has 1 aromatic heterocycles. The fourth-order valence-corrected chi connectivity index (χ4v) is 3.36. The quantitative estimate of drug-likeness (QED) is 0.742. The summed E-state index contributed by atoms with van der Waals surface area (Å²) in [7, 11) is 1.98. The van der Waals surface area contributed by atoms with E-state index in [1.807, 2.05) is 36.0 Å². The number of rotatable bonds is 5. The monoisotopic (exact) mass is 350 g/mol. The lowest BCUT2D eigenvalue weighted by Gasteiger charge is -2.21. The number of para-hydroxylation sites is 1. The molecule has 26 heavy (non-hydrogen) atoms. The smallest absolute Gasteiger partial charge is 0.262 e. The minimum atomic E-state index is -0.112. The first-order valence-electron chi connectivity index (χ1n) is 8.82. The van der Waals surface area contributed by atoms with Crippen LogP contribution in [0, 0.1) is 0 Å². The van der Waals surface area contributed by atoms with Crippen LogP contribution in [0.25, 0.3) is 10.9 Å². The largest absolute Gasteiger partial charge is 0.482 e. The van der Waals surface area contributed by atoms with Gasteiger partial charge >= 0.3 is 0 Å². The standard InChI is InChI=1S/C20H22N4O2/c1-13(14-7-8-17-19(11-14)26-12-20(25)22-17)21-10-9-16-15-5-3-4-6-18(15)24(2)23-16/h3-8,11,13,21H,9-10,12H2,1-2H3,(H,22,25). The molecule has 1 unspecified atom stereocenters. The van der Waals surface area contributed by atoms with Gasteiger partial charge in [0, 0.05) is 31.4 Å². The maximum absolute atomic E-state index is 11.4. The molecule has 6 nitrogen and oxygen atoms in total. The molecule has 0 spiro atoms. The molecule has 0 fully saturated rings. The van der Waals surface area contributed by atoms with Crippen molar-refractivity contribution in [1.82, 2.24) is 15.1 Å². The second-order valence-corrected chi connectivity index (χ2v) is 6.61. The molecule has 0 radical (unpaired) electrons. The molecule has 6 heteroatoms. The van der Waals surface area contributed by atoms with E-state index in [-0.39, 0.29) is 18.6 Å². The van der Waals surface area contributed by atoms with Crippen molar-refractivity contribution < 1.29 is 9.53 Å². The number of benzene rings is 2. The number of anilines is 1. The summed E-state index contributed by atoms with van der Waals surface area (Å²) in [5, 5.41) is 12.2. The van der Waals surface area contributed by atoms with Crippen molar-refractivity contribution in [1.29, 1.82) is 0 Å². The minimum absolute atomic E-state index is 0.0744. The molecule has 1 amide bonds. The Bertz CT molecular complexity index is 964. The molecule has 0 saturated heterocycles. The van der Waals surface area contributed by atoms with Crippen LogP contribution in [0.3, 0.4) is 0 Å². The molecule has 0 saturated carbocycles. The van der Waals surface area contributed by atoms with Gasteiger partial charge in [0.15, 0.2) is 6.61 Å². The first-order valence-corrected chi connectivity index (χ1v) is 8.82. The summed E-state index contributed by atoms with van der Waals surface area (Å²) >= 11 is 0. The summed E-state index contributed by atoms with van der Waals surface area (Å²) in [6, 6.07) is 14.4. The Balaban J connectivity index is 1.41. The average Bonchev–Trinajstić information content (AvgIpc) is 2.97. The summed E-state index contributed by atoms with van der Waals surface area (Å²) in [5.74, 6) is 0.616. The molecule has 1 atom stereocenters. The van der Waals surface area contributed by atoms with E-state index in [0.29, 0.717) is 0 Å². The molecule has 1 aliphatic heterocycles. The number of aromatic nitrogens is 2. The van der Waals surface area contributed by atoms with Crippen LogP contribution in [0.1, 0.15) is 24.2 Å². The first kappa shape index (κ1) is 16.6. The van der Waals surface area contributed by atoms with Gasteiger partial charge in [0.2, 0.25) is 0 Å². The average molecular weight is 350 g/mol. The SMILES string of the molecule is CC(NCCc1nn(C)c2ccccc12)c1ccc2c(c1)OCC(=O)N2. The van der Waals surface area contributed by atoms with E-state index in [2.05, 4.69) is 40.9 Å². The zero-order valence-corrected chi connectivity index (χ0v) is 15.0. The van der Waals surface area contributed by atoms with Gasteiger partial charge in [0.05, 0.1) is 16.9 Å². The van der Waals surface area contributed by atoms with Crippen molar-refractivity contribution in [2.75, 3.05) is 18.5 Å². The van der Waals surface area contributed by atoms with Crippen molar-refractivity contribution in [3.05, 3.63) is 53.7 Å². The van der Waals surface area contributed by atoms with Crippen LogP contribution in [0.4, 0.5) is 5.69 Å². The highest BCUT2D eigenvalue weighted by atomic mass is 16.5. The number of amides is 1. The normalized spacial score (nSPS) is 14.6. The molecule has 0 bridgehead atoms. The molecule has 1 aliphatic rings. The Morgan fingerprint density at radius 3 is 3.04 bits per heavy atom. The number of aryl methyl sites for hydroxylation is 1. The van der Waals surface area contributed by atoms with Crippen LogP contribution in [0.5, 0.6) is 5.75 Å². The molecule has 2 heterocycles. The van der Waals surface area contributed by atoms with Crippen LogP contribution in [-0.2, 0) is 18.3 Å². The number of carbonyl (C=O) groups is 1. The van der Waals surface area contributed by atoms with Crippen LogP contribution in [-0.4, -0.2) is 28.8 Å². The molecular formula is C20H22N4O2. The lowest BCUT2D eigenvalue weighted by Crippen LogP contribution is -2.26.